The summed E-state index contributed by atoms with van der Waals surface area (Å²) in [7, 11) is 0. The zero-order chi connectivity index (χ0) is 15.4. The number of rotatable bonds is 3. The number of hydrogen-bond donors (Lipinski definition) is 2. The van der Waals surface area contributed by atoms with Crippen LogP contribution in [-0.4, -0.2) is 34.6 Å². The van der Waals surface area contributed by atoms with Gasteiger partial charge in [-0.1, -0.05) is 15.9 Å². The van der Waals surface area contributed by atoms with E-state index in [9.17, 15) is 9.59 Å². The highest BCUT2D eigenvalue weighted by atomic mass is 79.9. The van der Waals surface area contributed by atoms with Gasteiger partial charge >= 0.3 is 12.0 Å². The number of urea groups is 1. The molecular weight excluding hydrogens is 338 g/mol. The smallest absolute Gasteiger partial charge is 0.322 e. The number of carbonyl (C=O) groups excluding carboxylic acids is 1. The number of nitriles is 1. The zero-order valence-electron chi connectivity index (χ0n) is 11.2. The van der Waals surface area contributed by atoms with Crippen LogP contribution < -0.4 is 5.32 Å². The number of anilines is 1. The lowest BCUT2D eigenvalue weighted by Gasteiger charge is -2.24. The maximum atomic E-state index is 12.3. The van der Waals surface area contributed by atoms with E-state index in [1.807, 2.05) is 6.07 Å². The summed E-state index contributed by atoms with van der Waals surface area (Å²) in [5, 5.41) is 20.6. The van der Waals surface area contributed by atoms with Crippen LogP contribution in [0, 0.1) is 11.3 Å². The van der Waals surface area contributed by atoms with E-state index in [1.54, 1.807) is 18.2 Å². The average Bonchev–Trinajstić information content (AvgIpc) is 2.86. The Labute approximate surface area is 130 Å². The SMILES string of the molecule is N#Cc1ccc(Br)cc1NC(=O)N1CCCC1CC(=O)O. The summed E-state index contributed by atoms with van der Waals surface area (Å²) in [5.41, 5.74) is 0.776. The van der Waals surface area contributed by atoms with Crippen LogP contribution in [0.15, 0.2) is 22.7 Å². The van der Waals surface area contributed by atoms with Crippen molar-refractivity contribution in [1.29, 1.82) is 5.26 Å². The van der Waals surface area contributed by atoms with Gasteiger partial charge in [-0.25, -0.2) is 4.79 Å². The Morgan fingerprint density at radius 1 is 1.52 bits per heavy atom. The van der Waals surface area contributed by atoms with Crippen LogP contribution in [0.4, 0.5) is 10.5 Å². The summed E-state index contributed by atoms with van der Waals surface area (Å²) in [6.45, 7) is 0.527. The van der Waals surface area contributed by atoms with Gasteiger partial charge in [-0.2, -0.15) is 5.26 Å². The van der Waals surface area contributed by atoms with Crippen molar-refractivity contribution in [3.63, 3.8) is 0 Å². The molecule has 2 rings (SSSR count). The second-order valence-electron chi connectivity index (χ2n) is 4.82. The van der Waals surface area contributed by atoms with Crippen LogP contribution in [0.3, 0.4) is 0 Å². The molecule has 0 bridgehead atoms. The van der Waals surface area contributed by atoms with Gasteiger partial charge in [0.1, 0.15) is 6.07 Å². The maximum absolute atomic E-state index is 12.3. The van der Waals surface area contributed by atoms with Crippen molar-refractivity contribution in [1.82, 2.24) is 4.90 Å². The van der Waals surface area contributed by atoms with Crippen LogP contribution in [0.1, 0.15) is 24.8 Å². The molecule has 1 aromatic rings. The fourth-order valence-corrected chi connectivity index (χ4v) is 2.78. The molecule has 21 heavy (non-hydrogen) atoms. The molecule has 7 heteroatoms. The Hall–Kier alpha value is -2.07. The molecule has 0 aliphatic carbocycles. The van der Waals surface area contributed by atoms with Crippen LogP contribution in [-0.2, 0) is 4.79 Å². The number of amides is 2. The number of nitrogens with one attached hydrogen (secondary N) is 1. The van der Waals surface area contributed by atoms with Gasteiger partial charge in [0, 0.05) is 17.1 Å². The van der Waals surface area contributed by atoms with Gasteiger partial charge in [0.2, 0.25) is 0 Å². The molecule has 1 heterocycles. The molecule has 0 aromatic heterocycles. The molecule has 1 fully saturated rings. The Balaban J connectivity index is 2.13. The van der Waals surface area contributed by atoms with Gasteiger partial charge in [0.05, 0.1) is 17.7 Å². The Kier molecular flexibility index (Phi) is 4.81. The molecule has 1 aliphatic heterocycles. The van der Waals surface area contributed by atoms with Crippen LogP contribution >= 0.6 is 15.9 Å². The number of hydrogen-bond acceptors (Lipinski definition) is 3. The van der Waals surface area contributed by atoms with Crippen molar-refractivity contribution < 1.29 is 14.7 Å². The Morgan fingerprint density at radius 3 is 2.95 bits per heavy atom. The molecule has 1 aromatic carbocycles. The molecule has 6 nitrogen and oxygen atoms in total. The molecule has 1 atom stereocenters. The summed E-state index contributed by atoms with van der Waals surface area (Å²) in [4.78, 5) is 24.6. The van der Waals surface area contributed by atoms with E-state index in [-0.39, 0.29) is 18.5 Å². The van der Waals surface area contributed by atoms with Gasteiger partial charge in [0.25, 0.3) is 0 Å². The number of carboxylic acids is 1. The molecule has 0 spiro atoms. The van der Waals surface area contributed by atoms with E-state index < -0.39 is 5.97 Å². The molecule has 0 saturated carbocycles. The minimum atomic E-state index is -0.917. The van der Waals surface area contributed by atoms with Crippen molar-refractivity contribution in [3.8, 4) is 6.07 Å². The Bertz CT molecular complexity index is 612. The quantitative estimate of drug-likeness (QED) is 0.875. The third kappa shape index (κ3) is 3.73. The lowest BCUT2D eigenvalue weighted by molar-refractivity contribution is -0.137. The maximum Gasteiger partial charge on any atom is 0.322 e. The van der Waals surface area contributed by atoms with Crippen LogP contribution in [0.5, 0.6) is 0 Å². The van der Waals surface area contributed by atoms with E-state index in [2.05, 4.69) is 21.2 Å². The summed E-state index contributed by atoms with van der Waals surface area (Å²) in [6.07, 6.45) is 1.41. The molecule has 1 aliphatic rings. The first-order chi connectivity index (χ1) is 10.0. The largest absolute Gasteiger partial charge is 0.481 e. The van der Waals surface area contributed by atoms with Crippen molar-refractivity contribution in [2.24, 2.45) is 0 Å². The van der Waals surface area contributed by atoms with E-state index in [0.717, 1.165) is 10.9 Å². The molecule has 2 N–H and O–H groups in total. The lowest BCUT2D eigenvalue weighted by atomic mass is 10.1. The molecule has 1 unspecified atom stereocenters. The monoisotopic (exact) mass is 351 g/mol. The third-order valence-corrected chi connectivity index (χ3v) is 3.89. The number of benzene rings is 1. The van der Waals surface area contributed by atoms with E-state index in [0.29, 0.717) is 24.2 Å². The summed E-state index contributed by atoms with van der Waals surface area (Å²) in [5.74, 6) is -0.917. The Morgan fingerprint density at radius 2 is 2.29 bits per heavy atom. The van der Waals surface area contributed by atoms with E-state index >= 15 is 0 Å². The topological polar surface area (TPSA) is 93.4 Å². The van der Waals surface area contributed by atoms with Gasteiger partial charge in [-0.15, -0.1) is 0 Å². The van der Waals surface area contributed by atoms with Gasteiger partial charge in [-0.05, 0) is 31.0 Å². The van der Waals surface area contributed by atoms with Crippen LogP contribution in [0.25, 0.3) is 0 Å². The average molecular weight is 352 g/mol. The number of carboxylic acid groups (broad SMARTS) is 1. The first-order valence-corrected chi connectivity index (χ1v) is 7.29. The molecular formula is C14H14BrN3O3. The van der Waals surface area contributed by atoms with Crippen molar-refractivity contribution >= 4 is 33.6 Å². The third-order valence-electron chi connectivity index (χ3n) is 3.39. The number of halogens is 1. The van der Waals surface area contributed by atoms with Gasteiger partial charge in [-0.3, -0.25) is 4.79 Å². The fraction of sp³-hybridized carbons (Fsp3) is 0.357. The zero-order valence-corrected chi connectivity index (χ0v) is 12.8. The normalized spacial score (nSPS) is 17.3. The van der Waals surface area contributed by atoms with Crippen molar-refractivity contribution in [2.45, 2.75) is 25.3 Å². The van der Waals surface area contributed by atoms with Crippen LogP contribution in [0.2, 0.25) is 0 Å². The van der Waals surface area contributed by atoms with Crippen molar-refractivity contribution in [3.05, 3.63) is 28.2 Å². The van der Waals surface area contributed by atoms with Gasteiger partial charge in [0.15, 0.2) is 0 Å². The number of carbonyl (C=O) groups is 2. The summed E-state index contributed by atoms with van der Waals surface area (Å²) < 4.78 is 0.750. The number of likely N-dealkylation sites (tertiary alicyclic amines) is 1. The second kappa shape index (κ2) is 6.59. The predicted molar refractivity (Wildman–Crippen MR) is 79.9 cm³/mol. The van der Waals surface area contributed by atoms with E-state index in [1.165, 1.54) is 4.90 Å². The minimum absolute atomic E-state index is 0.0585. The number of aliphatic carboxylic acids is 1. The number of nitrogens with zero attached hydrogens (tertiary/aromatic N) is 2. The van der Waals surface area contributed by atoms with Crippen molar-refractivity contribution in [2.75, 3.05) is 11.9 Å². The predicted octanol–water partition coefficient (Wildman–Crippen LogP) is 2.79. The second-order valence-corrected chi connectivity index (χ2v) is 5.73. The minimum Gasteiger partial charge on any atom is -0.481 e. The highest BCUT2D eigenvalue weighted by Crippen LogP contribution is 2.24. The molecule has 0 radical (unpaired) electrons. The molecule has 110 valence electrons. The highest BCUT2D eigenvalue weighted by molar-refractivity contribution is 9.10. The molecule has 2 amide bonds. The first kappa shape index (κ1) is 15.3. The lowest BCUT2D eigenvalue weighted by Crippen LogP contribution is -2.39. The standard InChI is InChI=1S/C14H14BrN3O3/c15-10-4-3-9(8-16)12(6-10)17-14(21)18-5-1-2-11(18)7-13(19)20/h3-4,6,11H,1-2,5,7H2,(H,17,21)(H,19,20). The van der Waals surface area contributed by atoms with Gasteiger partial charge < -0.3 is 15.3 Å². The molecule has 1 saturated heterocycles. The summed E-state index contributed by atoms with van der Waals surface area (Å²) in [6, 6.07) is 6.34. The fourth-order valence-electron chi connectivity index (χ4n) is 2.42. The highest BCUT2D eigenvalue weighted by Gasteiger charge is 2.30. The van der Waals surface area contributed by atoms with E-state index in [4.69, 9.17) is 10.4 Å². The first-order valence-electron chi connectivity index (χ1n) is 6.50. The summed E-state index contributed by atoms with van der Waals surface area (Å²) >= 11 is 3.29.